The lowest BCUT2D eigenvalue weighted by Crippen LogP contribution is -2.31. The Bertz CT molecular complexity index is 719. The van der Waals surface area contributed by atoms with Crippen LogP contribution in [0.2, 0.25) is 0 Å². The molecule has 1 amide bonds. The SMILES string of the molecule is CCCCN1C(=O)/C(=C/c2csc(-c3ccco3)n2)NC1=S. The van der Waals surface area contributed by atoms with Crippen LogP contribution in [0.3, 0.4) is 0 Å². The highest BCUT2D eigenvalue weighted by molar-refractivity contribution is 7.80. The van der Waals surface area contributed by atoms with Gasteiger partial charge in [0.2, 0.25) is 0 Å². The third-order valence-electron chi connectivity index (χ3n) is 3.24. The van der Waals surface area contributed by atoms with Crippen molar-refractivity contribution in [3.05, 3.63) is 35.2 Å². The first-order chi connectivity index (χ1) is 10.7. The van der Waals surface area contributed by atoms with Crippen molar-refractivity contribution in [2.45, 2.75) is 19.8 Å². The summed E-state index contributed by atoms with van der Waals surface area (Å²) in [6, 6.07) is 3.68. The van der Waals surface area contributed by atoms with E-state index in [1.165, 1.54) is 11.3 Å². The van der Waals surface area contributed by atoms with E-state index >= 15 is 0 Å². The fraction of sp³-hybridized carbons (Fsp3) is 0.267. The summed E-state index contributed by atoms with van der Waals surface area (Å²) < 4.78 is 5.32. The average Bonchev–Trinajstić information content (AvgIpc) is 3.21. The van der Waals surface area contributed by atoms with Gasteiger partial charge < -0.3 is 9.73 Å². The standard InChI is InChI=1S/C15H15N3O2S2/c1-2-3-6-18-14(19)11(17-15(18)21)8-10-9-22-13(16-10)12-5-4-7-20-12/h4-5,7-9H,2-3,6H2,1H3,(H,17,21)/b11-8-. The molecule has 0 spiro atoms. The van der Waals surface area contributed by atoms with Crippen LogP contribution in [-0.4, -0.2) is 27.4 Å². The molecular weight excluding hydrogens is 318 g/mol. The van der Waals surface area contributed by atoms with Gasteiger partial charge in [0, 0.05) is 11.9 Å². The van der Waals surface area contributed by atoms with E-state index in [9.17, 15) is 4.79 Å². The van der Waals surface area contributed by atoms with Crippen LogP contribution in [0.25, 0.3) is 16.8 Å². The zero-order chi connectivity index (χ0) is 15.5. The molecule has 1 N–H and O–H groups in total. The predicted octanol–water partition coefficient (Wildman–Crippen LogP) is 3.26. The van der Waals surface area contributed by atoms with Gasteiger partial charge >= 0.3 is 0 Å². The normalized spacial score (nSPS) is 16.6. The Morgan fingerprint density at radius 3 is 3.14 bits per heavy atom. The van der Waals surface area contributed by atoms with Gasteiger partial charge in [-0.2, -0.15) is 0 Å². The minimum Gasteiger partial charge on any atom is -0.462 e. The van der Waals surface area contributed by atoms with Crippen LogP contribution in [-0.2, 0) is 4.79 Å². The summed E-state index contributed by atoms with van der Waals surface area (Å²) in [6.45, 7) is 2.73. The van der Waals surface area contributed by atoms with Gasteiger partial charge in [0.15, 0.2) is 15.9 Å². The molecule has 7 heteroatoms. The van der Waals surface area contributed by atoms with Crippen molar-refractivity contribution < 1.29 is 9.21 Å². The second-order valence-electron chi connectivity index (χ2n) is 4.85. The lowest BCUT2D eigenvalue weighted by molar-refractivity contribution is -0.122. The minimum absolute atomic E-state index is 0.0917. The van der Waals surface area contributed by atoms with E-state index in [0.717, 1.165) is 23.6 Å². The number of hydrogen-bond donors (Lipinski definition) is 1. The van der Waals surface area contributed by atoms with Crippen LogP contribution in [0.1, 0.15) is 25.5 Å². The van der Waals surface area contributed by atoms with Crippen molar-refractivity contribution in [3.63, 3.8) is 0 Å². The number of hydrogen-bond acceptors (Lipinski definition) is 5. The molecule has 0 saturated carbocycles. The van der Waals surface area contributed by atoms with Crippen molar-refractivity contribution in [1.82, 2.24) is 15.2 Å². The van der Waals surface area contributed by atoms with Crippen LogP contribution in [0.4, 0.5) is 0 Å². The molecule has 3 heterocycles. The first kappa shape index (κ1) is 14.9. The number of unbranched alkanes of at least 4 members (excludes halogenated alkanes) is 1. The molecule has 0 aliphatic carbocycles. The van der Waals surface area contributed by atoms with Crippen molar-refractivity contribution in [2.75, 3.05) is 6.54 Å². The molecule has 22 heavy (non-hydrogen) atoms. The smallest absolute Gasteiger partial charge is 0.276 e. The quantitative estimate of drug-likeness (QED) is 0.672. The van der Waals surface area contributed by atoms with E-state index in [0.29, 0.717) is 23.0 Å². The number of nitrogens with one attached hydrogen (secondary N) is 1. The topological polar surface area (TPSA) is 58.4 Å². The molecule has 0 unspecified atom stereocenters. The van der Waals surface area contributed by atoms with Crippen molar-refractivity contribution in [3.8, 4) is 10.8 Å². The summed E-state index contributed by atoms with van der Waals surface area (Å²) >= 11 is 6.69. The molecule has 2 aromatic rings. The Kier molecular flexibility index (Phi) is 4.35. The number of thiocarbonyl (C=S) groups is 1. The van der Waals surface area contributed by atoms with Crippen molar-refractivity contribution >= 4 is 40.7 Å². The highest BCUT2D eigenvalue weighted by Gasteiger charge is 2.30. The van der Waals surface area contributed by atoms with Crippen molar-refractivity contribution in [1.29, 1.82) is 0 Å². The number of carbonyl (C=O) groups excluding carboxylic acids is 1. The number of thiazole rings is 1. The second kappa shape index (κ2) is 6.41. The van der Waals surface area contributed by atoms with E-state index in [2.05, 4.69) is 17.2 Å². The van der Waals surface area contributed by atoms with E-state index in [-0.39, 0.29) is 5.91 Å². The summed E-state index contributed by atoms with van der Waals surface area (Å²) in [5.74, 6) is 0.631. The second-order valence-corrected chi connectivity index (χ2v) is 6.10. The zero-order valence-electron chi connectivity index (χ0n) is 12.0. The highest BCUT2D eigenvalue weighted by Crippen LogP contribution is 2.25. The third kappa shape index (κ3) is 2.95. The molecule has 1 fully saturated rings. The van der Waals surface area contributed by atoms with Gasteiger partial charge in [-0.15, -0.1) is 11.3 Å². The number of nitrogens with zero attached hydrogens (tertiary/aromatic N) is 2. The summed E-state index contributed by atoms with van der Waals surface area (Å²) in [5.41, 5.74) is 1.18. The van der Waals surface area contributed by atoms with Gasteiger partial charge in [-0.25, -0.2) is 4.98 Å². The average molecular weight is 333 g/mol. The molecule has 0 aromatic carbocycles. The van der Waals surface area contributed by atoms with Crippen LogP contribution in [0.5, 0.6) is 0 Å². The van der Waals surface area contributed by atoms with Crippen LogP contribution in [0, 0.1) is 0 Å². The van der Waals surface area contributed by atoms with Crippen LogP contribution >= 0.6 is 23.6 Å². The van der Waals surface area contributed by atoms with E-state index < -0.39 is 0 Å². The number of carbonyl (C=O) groups is 1. The number of amides is 1. The largest absolute Gasteiger partial charge is 0.462 e. The maximum atomic E-state index is 12.3. The summed E-state index contributed by atoms with van der Waals surface area (Å²) in [4.78, 5) is 18.4. The Labute approximate surface area is 137 Å². The van der Waals surface area contributed by atoms with Gasteiger partial charge in [-0.3, -0.25) is 9.69 Å². The van der Waals surface area contributed by atoms with Gasteiger partial charge in [0.05, 0.1) is 12.0 Å². The van der Waals surface area contributed by atoms with E-state index in [1.807, 2.05) is 17.5 Å². The summed E-state index contributed by atoms with van der Waals surface area (Å²) in [7, 11) is 0. The highest BCUT2D eigenvalue weighted by atomic mass is 32.1. The summed E-state index contributed by atoms with van der Waals surface area (Å²) in [6.07, 6.45) is 5.29. The Morgan fingerprint density at radius 1 is 1.55 bits per heavy atom. The van der Waals surface area contributed by atoms with Crippen LogP contribution in [0.15, 0.2) is 33.9 Å². The van der Waals surface area contributed by atoms with Gasteiger partial charge in [-0.05, 0) is 36.8 Å². The van der Waals surface area contributed by atoms with Crippen LogP contribution < -0.4 is 5.32 Å². The molecule has 114 valence electrons. The fourth-order valence-corrected chi connectivity index (χ4v) is 3.13. The molecule has 1 aliphatic rings. The minimum atomic E-state index is -0.0917. The van der Waals surface area contributed by atoms with Gasteiger partial charge in [0.1, 0.15) is 5.70 Å². The third-order valence-corrected chi connectivity index (χ3v) is 4.44. The van der Waals surface area contributed by atoms with Gasteiger partial charge in [-0.1, -0.05) is 13.3 Å². The Hall–Kier alpha value is -1.99. The lowest BCUT2D eigenvalue weighted by Gasteiger charge is -2.12. The molecule has 0 radical (unpaired) electrons. The molecule has 0 atom stereocenters. The maximum Gasteiger partial charge on any atom is 0.276 e. The van der Waals surface area contributed by atoms with E-state index in [4.69, 9.17) is 16.6 Å². The molecule has 1 aliphatic heterocycles. The molecular formula is C15H15N3O2S2. The molecule has 5 nitrogen and oxygen atoms in total. The Morgan fingerprint density at radius 2 is 2.41 bits per heavy atom. The fourth-order valence-electron chi connectivity index (χ4n) is 2.10. The molecule has 3 rings (SSSR count). The Balaban J connectivity index is 1.78. The molecule has 1 saturated heterocycles. The first-order valence-electron chi connectivity index (χ1n) is 7.03. The van der Waals surface area contributed by atoms with Crippen molar-refractivity contribution in [2.24, 2.45) is 0 Å². The molecule has 0 bridgehead atoms. The number of rotatable bonds is 5. The first-order valence-corrected chi connectivity index (χ1v) is 8.31. The van der Waals surface area contributed by atoms with Gasteiger partial charge in [0.25, 0.3) is 5.91 Å². The maximum absolute atomic E-state index is 12.3. The predicted molar refractivity (Wildman–Crippen MR) is 90.1 cm³/mol. The van der Waals surface area contributed by atoms with E-state index in [1.54, 1.807) is 17.2 Å². The monoisotopic (exact) mass is 333 g/mol. The number of furan rings is 1. The zero-order valence-corrected chi connectivity index (χ0v) is 13.7. The molecule has 2 aromatic heterocycles. The number of aromatic nitrogens is 1. The lowest BCUT2D eigenvalue weighted by atomic mass is 10.3. The summed E-state index contributed by atoms with van der Waals surface area (Å²) in [5, 5.41) is 6.10.